The number of amides is 1. The summed E-state index contributed by atoms with van der Waals surface area (Å²) >= 11 is 7.05. The largest absolute Gasteiger partial charge is 0.497 e. The summed E-state index contributed by atoms with van der Waals surface area (Å²) in [5.41, 5.74) is 1.17. The highest BCUT2D eigenvalue weighted by Gasteiger charge is 2.13. The lowest BCUT2D eigenvalue weighted by Crippen LogP contribution is -2.12. The summed E-state index contributed by atoms with van der Waals surface area (Å²) in [4.78, 5) is 20.3. The van der Waals surface area contributed by atoms with Gasteiger partial charge in [-0.2, -0.15) is 9.36 Å². The van der Waals surface area contributed by atoms with E-state index in [4.69, 9.17) is 16.3 Å². The van der Waals surface area contributed by atoms with E-state index < -0.39 is 0 Å². The number of pyridine rings is 1. The van der Waals surface area contributed by atoms with E-state index in [1.807, 2.05) is 24.3 Å². The van der Waals surface area contributed by atoms with E-state index in [1.54, 1.807) is 13.2 Å². The number of benzene rings is 1. The Kier molecular flexibility index (Phi) is 4.50. The van der Waals surface area contributed by atoms with Gasteiger partial charge in [-0.05, 0) is 30.3 Å². The third kappa shape index (κ3) is 3.46. The van der Waals surface area contributed by atoms with Crippen molar-refractivity contribution in [1.82, 2.24) is 14.3 Å². The number of hydrogen-bond acceptors (Lipinski definition) is 6. The molecule has 1 N–H and O–H groups in total. The normalized spacial score (nSPS) is 10.3. The number of rotatable bonds is 4. The Morgan fingerprint density at radius 1 is 1.26 bits per heavy atom. The van der Waals surface area contributed by atoms with Crippen molar-refractivity contribution in [3.8, 4) is 17.1 Å². The predicted octanol–water partition coefficient (Wildman–Crippen LogP) is 3.51. The van der Waals surface area contributed by atoms with Gasteiger partial charge in [-0.15, -0.1) is 0 Å². The van der Waals surface area contributed by atoms with Crippen molar-refractivity contribution >= 4 is 34.2 Å². The van der Waals surface area contributed by atoms with E-state index in [0.717, 1.165) is 22.8 Å². The first-order valence-electron chi connectivity index (χ1n) is 6.56. The summed E-state index contributed by atoms with van der Waals surface area (Å²) in [6.07, 6.45) is 2.92. The Balaban J connectivity index is 1.76. The average Bonchev–Trinajstić information content (AvgIpc) is 3.03. The molecular formula is C15H11ClN4O2S. The summed E-state index contributed by atoms with van der Waals surface area (Å²) < 4.78 is 9.35. The van der Waals surface area contributed by atoms with Crippen LogP contribution in [0.25, 0.3) is 11.4 Å². The molecule has 0 fully saturated rings. The summed E-state index contributed by atoms with van der Waals surface area (Å²) in [5.74, 6) is 0.938. The first-order valence-corrected chi connectivity index (χ1v) is 7.71. The molecule has 0 atom stereocenters. The first-order chi connectivity index (χ1) is 11.2. The van der Waals surface area contributed by atoms with Crippen LogP contribution in [0.3, 0.4) is 0 Å². The van der Waals surface area contributed by atoms with Crippen molar-refractivity contribution in [2.75, 3.05) is 12.4 Å². The fraction of sp³-hybridized carbons (Fsp3) is 0.0667. The molecule has 1 aromatic carbocycles. The number of hydrogen-bond donors (Lipinski definition) is 1. The molecule has 0 bridgehead atoms. The smallest absolute Gasteiger partial charge is 0.259 e. The highest BCUT2D eigenvalue weighted by Crippen LogP contribution is 2.24. The van der Waals surface area contributed by atoms with Crippen LogP contribution in [0.4, 0.5) is 5.13 Å². The Labute approximate surface area is 141 Å². The third-order valence-corrected chi connectivity index (χ3v) is 3.94. The molecule has 2 heterocycles. The molecule has 0 saturated carbocycles. The van der Waals surface area contributed by atoms with Crippen molar-refractivity contribution in [2.24, 2.45) is 0 Å². The van der Waals surface area contributed by atoms with Gasteiger partial charge >= 0.3 is 0 Å². The number of nitrogens with zero attached hydrogens (tertiary/aromatic N) is 3. The molecule has 1 amide bonds. The van der Waals surface area contributed by atoms with E-state index in [-0.39, 0.29) is 10.9 Å². The molecule has 0 aliphatic carbocycles. The summed E-state index contributed by atoms with van der Waals surface area (Å²) in [6.45, 7) is 0. The maximum absolute atomic E-state index is 12.2. The number of aromatic nitrogens is 3. The SMILES string of the molecule is COc1ccc(-c2nsc(NC(=O)c3ccncc3Cl)n2)cc1. The van der Waals surface area contributed by atoms with Crippen molar-refractivity contribution in [2.45, 2.75) is 0 Å². The number of ether oxygens (including phenoxy) is 1. The molecule has 0 aliphatic heterocycles. The molecule has 0 saturated heterocycles. The molecule has 0 aliphatic rings. The van der Waals surface area contributed by atoms with E-state index >= 15 is 0 Å². The van der Waals surface area contributed by atoms with Gasteiger partial charge in [0, 0.05) is 29.5 Å². The van der Waals surface area contributed by atoms with Gasteiger partial charge in [-0.1, -0.05) is 11.6 Å². The Morgan fingerprint density at radius 3 is 2.74 bits per heavy atom. The predicted molar refractivity (Wildman–Crippen MR) is 89.1 cm³/mol. The second-order valence-corrected chi connectivity index (χ2v) is 5.62. The summed E-state index contributed by atoms with van der Waals surface area (Å²) in [5, 5.41) is 3.36. The Hall–Kier alpha value is -2.51. The van der Waals surface area contributed by atoms with Gasteiger partial charge in [0.05, 0.1) is 17.7 Å². The summed E-state index contributed by atoms with van der Waals surface area (Å²) in [6, 6.07) is 8.90. The standard InChI is InChI=1S/C15H11ClN4O2S/c1-22-10-4-2-9(3-5-10)13-18-15(23-20-13)19-14(21)11-6-7-17-8-12(11)16/h2-8H,1H3,(H,18,19,20,21). The van der Waals surface area contributed by atoms with Crippen LogP contribution in [0, 0.1) is 0 Å². The number of carbonyl (C=O) groups is 1. The minimum atomic E-state index is -0.352. The number of anilines is 1. The lowest BCUT2D eigenvalue weighted by atomic mass is 10.2. The van der Waals surface area contributed by atoms with Crippen molar-refractivity contribution in [1.29, 1.82) is 0 Å². The van der Waals surface area contributed by atoms with Crippen LogP contribution in [-0.2, 0) is 0 Å². The fourth-order valence-electron chi connectivity index (χ4n) is 1.86. The zero-order chi connectivity index (χ0) is 16.2. The average molecular weight is 347 g/mol. The number of halogens is 1. The van der Waals surface area contributed by atoms with Gasteiger partial charge in [-0.25, -0.2) is 0 Å². The number of nitrogens with one attached hydrogen (secondary N) is 1. The quantitative estimate of drug-likeness (QED) is 0.782. The molecule has 3 aromatic rings. The molecule has 116 valence electrons. The Morgan fingerprint density at radius 2 is 2.04 bits per heavy atom. The zero-order valence-electron chi connectivity index (χ0n) is 12.0. The Bertz CT molecular complexity index is 836. The highest BCUT2D eigenvalue weighted by atomic mass is 35.5. The molecular weight excluding hydrogens is 336 g/mol. The van der Waals surface area contributed by atoms with Crippen LogP contribution in [0.2, 0.25) is 5.02 Å². The fourth-order valence-corrected chi connectivity index (χ4v) is 2.65. The number of carbonyl (C=O) groups excluding carboxylic acids is 1. The molecule has 0 radical (unpaired) electrons. The van der Waals surface area contributed by atoms with Crippen molar-refractivity contribution < 1.29 is 9.53 Å². The maximum Gasteiger partial charge on any atom is 0.259 e. The minimum absolute atomic E-state index is 0.282. The van der Waals surface area contributed by atoms with Crippen LogP contribution in [-0.4, -0.2) is 27.4 Å². The molecule has 0 spiro atoms. The van der Waals surface area contributed by atoms with Crippen LogP contribution in [0.1, 0.15) is 10.4 Å². The highest BCUT2D eigenvalue weighted by molar-refractivity contribution is 7.10. The maximum atomic E-state index is 12.2. The second kappa shape index (κ2) is 6.72. The van der Waals surface area contributed by atoms with Crippen LogP contribution < -0.4 is 10.1 Å². The van der Waals surface area contributed by atoms with Crippen LogP contribution in [0.15, 0.2) is 42.7 Å². The lowest BCUT2D eigenvalue weighted by molar-refractivity contribution is 0.102. The van der Waals surface area contributed by atoms with Crippen molar-refractivity contribution in [3.63, 3.8) is 0 Å². The number of methoxy groups -OCH3 is 1. The van der Waals surface area contributed by atoms with E-state index in [0.29, 0.717) is 16.5 Å². The minimum Gasteiger partial charge on any atom is -0.497 e. The first kappa shape index (κ1) is 15.4. The van der Waals surface area contributed by atoms with Gasteiger partial charge in [0.15, 0.2) is 5.82 Å². The van der Waals surface area contributed by atoms with Gasteiger partial charge in [0.2, 0.25) is 5.13 Å². The van der Waals surface area contributed by atoms with Crippen LogP contribution >= 0.6 is 23.1 Å². The molecule has 23 heavy (non-hydrogen) atoms. The van der Waals surface area contributed by atoms with Gasteiger partial charge < -0.3 is 4.74 Å². The van der Waals surface area contributed by atoms with E-state index in [1.165, 1.54) is 12.4 Å². The molecule has 6 nitrogen and oxygen atoms in total. The van der Waals surface area contributed by atoms with Gasteiger partial charge in [0.1, 0.15) is 5.75 Å². The zero-order valence-corrected chi connectivity index (χ0v) is 13.6. The monoisotopic (exact) mass is 346 g/mol. The topological polar surface area (TPSA) is 77.0 Å². The molecule has 2 aromatic heterocycles. The second-order valence-electron chi connectivity index (χ2n) is 4.46. The van der Waals surface area contributed by atoms with Gasteiger partial charge in [0.25, 0.3) is 5.91 Å². The molecule has 8 heteroatoms. The van der Waals surface area contributed by atoms with Gasteiger partial charge in [-0.3, -0.25) is 15.1 Å². The molecule has 0 unspecified atom stereocenters. The van der Waals surface area contributed by atoms with Crippen molar-refractivity contribution in [3.05, 3.63) is 53.3 Å². The van der Waals surface area contributed by atoms with E-state index in [2.05, 4.69) is 19.7 Å². The summed E-state index contributed by atoms with van der Waals surface area (Å²) in [7, 11) is 1.61. The third-order valence-electron chi connectivity index (χ3n) is 3.01. The van der Waals surface area contributed by atoms with E-state index in [9.17, 15) is 4.79 Å². The molecule has 3 rings (SSSR count). The van der Waals surface area contributed by atoms with Crippen LogP contribution in [0.5, 0.6) is 5.75 Å². The lowest BCUT2D eigenvalue weighted by Gasteiger charge is -2.02.